The Hall–Kier alpha value is -2.20. The maximum absolute atomic E-state index is 10.3. The topological polar surface area (TPSA) is 47.9 Å². The fourth-order valence-corrected chi connectivity index (χ4v) is 2.71. The third-order valence-corrected chi connectivity index (χ3v) is 3.75. The Morgan fingerprint density at radius 3 is 2.75 bits per heavy atom. The van der Waals surface area contributed by atoms with Crippen molar-refractivity contribution in [2.45, 2.75) is 18.6 Å². The van der Waals surface area contributed by atoms with Crippen LogP contribution in [0.15, 0.2) is 42.5 Å². The number of ether oxygens (including phenoxy) is 3. The Kier molecular flexibility index (Phi) is 2.57. The van der Waals surface area contributed by atoms with Gasteiger partial charge >= 0.3 is 0 Å². The molecular formula is C16H14O4. The molecule has 0 aromatic heterocycles. The predicted octanol–water partition coefficient (Wildman–Crippen LogP) is 2.97. The van der Waals surface area contributed by atoms with E-state index in [1.165, 1.54) is 0 Å². The summed E-state index contributed by atoms with van der Waals surface area (Å²) in [4.78, 5) is 0. The molecule has 0 aliphatic carbocycles. The van der Waals surface area contributed by atoms with Gasteiger partial charge in [-0.15, -0.1) is 0 Å². The number of fused-ring (bicyclic) bond motifs is 2. The lowest BCUT2D eigenvalue weighted by molar-refractivity contribution is 0.0656. The molecule has 2 aliphatic heterocycles. The smallest absolute Gasteiger partial charge is 0.231 e. The summed E-state index contributed by atoms with van der Waals surface area (Å²) >= 11 is 0. The molecule has 2 aliphatic rings. The number of hydrogen-bond acceptors (Lipinski definition) is 4. The molecule has 0 unspecified atom stereocenters. The van der Waals surface area contributed by atoms with Crippen LogP contribution in [0.2, 0.25) is 0 Å². The summed E-state index contributed by atoms with van der Waals surface area (Å²) in [5, 5.41) is 10.3. The summed E-state index contributed by atoms with van der Waals surface area (Å²) in [7, 11) is 0. The largest absolute Gasteiger partial charge is 0.485 e. The van der Waals surface area contributed by atoms with E-state index >= 15 is 0 Å². The van der Waals surface area contributed by atoms with Gasteiger partial charge in [0.2, 0.25) is 6.79 Å². The highest BCUT2D eigenvalue weighted by Gasteiger charge is 2.28. The van der Waals surface area contributed by atoms with Gasteiger partial charge in [0.05, 0.1) is 6.10 Å². The molecule has 0 bridgehead atoms. The molecule has 4 rings (SSSR count). The zero-order valence-electron chi connectivity index (χ0n) is 10.8. The molecule has 4 nitrogen and oxygen atoms in total. The zero-order chi connectivity index (χ0) is 13.5. The SMILES string of the molecule is O[C@H]1C[C@@H](c2ccc3c(c2)OCO3)Oc2ccccc21. The monoisotopic (exact) mass is 270 g/mol. The van der Waals surface area contributed by atoms with E-state index in [2.05, 4.69) is 0 Å². The molecule has 0 saturated carbocycles. The summed E-state index contributed by atoms with van der Waals surface area (Å²) in [6.07, 6.45) is -0.138. The fourth-order valence-electron chi connectivity index (χ4n) is 2.71. The highest BCUT2D eigenvalue weighted by molar-refractivity contribution is 5.46. The molecule has 102 valence electrons. The Morgan fingerprint density at radius 1 is 0.950 bits per heavy atom. The lowest BCUT2D eigenvalue weighted by Crippen LogP contribution is -2.18. The summed E-state index contributed by atoms with van der Waals surface area (Å²) in [5.74, 6) is 2.24. The van der Waals surface area contributed by atoms with Crippen molar-refractivity contribution in [3.05, 3.63) is 53.6 Å². The quantitative estimate of drug-likeness (QED) is 0.865. The van der Waals surface area contributed by atoms with Crippen molar-refractivity contribution in [3.63, 3.8) is 0 Å². The first-order valence-electron chi connectivity index (χ1n) is 6.64. The van der Waals surface area contributed by atoms with Crippen LogP contribution in [0.5, 0.6) is 17.2 Å². The Labute approximate surface area is 116 Å². The van der Waals surface area contributed by atoms with Gasteiger partial charge in [-0.3, -0.25) is 0 Å². The van der Waals surface area contributed by atoms with Crippen LogP contribution in [0.3, 0.4) is 0 Å². The Morgan fingerprint density at radius 2 is 1.80 bits per heavy atom. The highest BCUT2D eigenvalue weighted by atomic mass is 16.7. The lowest BCUT2D eigenvalue weighted by atomic mass is 9.95. The van der Waals surface area contributed by atoms with E-state index < -0.39 is 6.10 Å². The minimum atomic E-state index is -0.504. The molecule has 0 saturated heterocycles. The normalized spacial score (nSPS) is 23.1. The molecule has 2 atom stereocenters. The summed E-state index contributed by atoms with van der Waals surface area (Å²) in [6, 6.07) is 13.4. The molecule has 0 radical (unpaired) electrons. The third-order valence-electron chi connectivity index (χ3n) is 3.75. The van der Waals surface area contributed by atoms with Crippen LogP contribution in [-0.4, -0.2) is 11.9 Å². The summed E-state index contributed by atoms with van der Waals surface area (Å²) in [6.45, 7) is 0.260. The van der Waals surface area contributed by atoms with Crippen molar-refractivity contribution in [1.29, 1.82) is 0 Å². The number of para-hydroxylation sites is 1. The maximum Gasteiger partial charge on any atom is 0.231 e. The van der Waals surface area contributed by atoms with Crippen LogP contribution >= 0.6 is 0 Å². The molecule has 20 heavy (non-hydrogen) atoms. The molecular weight excluding hydrogens is 256 g/mol. The first-order chi connectivity index (χ1) is 9.81. The second-order valence-corrected chi connectivity index (χ2v) is 5.01. The first kappa shape index (κ1) is 11.6. The number of rotatable bonds is 1. The zero-order valence-corrected chi connectivity index (χ0v) is 10.8. The van der Waals surface area contributed by atoms with Crippen LogP contribution in [-0.2, 0) is 0 Å². The number of aliphatic hydroxyl groups is 1. The van der Waals surface area contributed by atoms with Crippen molar-refractivity contribution < 1.29 is 19.3 Å². The van der Waals surface area contributed by atoms with Crippen molar-refractivity contribution in [3.8, 4) is 17.2 Å². The number of benzene rings is 2. The average Bonchev–Trinajstić information content (AvgIpc) is 2.94. The van der Waals surface area contributed by atoms with Gasteiger partial charge in [0.15, 0.2) is 11.5 Å². The van der Waals surface area contributed by atoms with Gasteiger partial charge in [0, 0.05) is 12.0 Å². The van der Waals surface area contributed by atoms with Crippen molar-refractivity contribution in [2.24, 2.45) is 0 Å². The Balaban J connectivity index is 1.68. The van der Waals surface area contributed by atoms with Gasteiger partial charge < -0.3 is 19.3 Å². The van der Waals surface area contributed by atoms with E-state index in [0.717, 1.165) is 28.4 Å². The van der Waals surface area contributed by atoms with Crippen LogP contribution < -0.4 is 14.2 Å². The fraction of sp³-hybridized carbons (Fsp3) is 0.250. The predicted molar refractivity (Wildman–Crippen MR) is 72.0 cm³/mol. The van der Waals surface area contributed by atoms with E-state index in [-0.39, 0.29) is 12.9 Å². The maximum atomic E-state index is 10.3. The molecule has 0 amide bonds. The van der Waals surface area contributed by atoms with Gasteiger partial charge in [-0.2, -0.15) is 0 Å². The summed E-state index contributed by atoms with van der Waals surface area (Å²) in [5.41, 5.74) is 1.84. The number of aliphatic hydroxyl groups excluding tert-OH is 1. The van der Waals surface area contributed by atoms with Gasteiger partial charge in [0.1, 0.15) is 11.9 Å². The van der Waals surface area contributed by atoms with E-state index in [1.807, 2.05) is 42.5 Å². The summed E-state index contributed by atoms with van der Waals surface area (Å²) < 4.78 is 16.7. The molecule has 4 heteroatoms. The van der Waals surface area contributed by atoms with E-state index in [0.29, 0.717) is 6.42 Å². The van der Waals surface area contributed by atoms with Crippen LogP contribution in [0.4, 0.5) is 0 Å². The van der Waals surface area contributed by atoms with Crippen molar-refractivity contribution >= 4 is 0 Å². The van der Waals surface area contributed by atoms with E-state index in [9.17, 15) is 5.11 Å². The van der Waals surface area contributed by atoms with Crippen molar-refractivity contribution in [1.82, 2.24) is 0 Å². The van der Waals surface area contributed by atoms with Gasteiger partial charge in [-0.1, -0.05) is 24.3 Å². The molecule has 0 spiro atoms. The third kappa shape index (κ3) is 1.80. The van der Waals surface area contributed by atoms with E-state index in [1.54, 1.807) is 0 Å². The molecule has 0 fully saturated rings. The van der Waals surface area contributed by atoms with E-state index in [4.69, 9.17) is 14.2 Å². The first-order valence-corrected chi connectivity index (χ1v) is 6.64. The molecule has 1 N–H and O–H groups in total. The van der Waals surface area contributed by atoms with Crippen LogP contribution in [0, 0.1) is 0 Å². The van der Waals surface area contributed by atoms with Gasteiger partial charge in [-0.05, 0) is 23.8 Å². The second kappa shape index (κ2) is 4.42. The van der Waals surface area contributed by atoms with Gasteiger partial charge in [0.25, 0.3) is 0 Å². The minimum Gasteiger partial charge on any atom is -0.485 e. The lowest BCUT2D eigenvalue weighted by Gasteiger charge is -2.29. The van der Waals surface area contributed by atoms with Crippen LogP contribution in [0.1, 0.15) is 29.8 Å². The molecule has 2 heterocycles. The Bertz CT molecular complexity index is 653. The van der Waals surface area contributed by atoms with Gasteiger partial charge in [-0.25, -0.2) is 0 Å². The number of hydrogen-bond donors (Lipinski definition) is 1. The molecule has 2 aromatic carbocycles. The van der Waals surface area contributed by atoms with Crippen LogP contribution in [0.25, 0.3) is 0 Å². The minimum absolute atomic E-state index is 0.172. The highest BCUT2D eigenvalue weighted by Crippen LogP contribution is 2.42. The molecule has 2 aromatic rings. The van der Waals surface area contributed by atoms with Crippen molar-refractivity contribution in [2.75, 3.05) is 6.79 Å². The average molecular weight is 270 g/mol. The second-order valence-electron chi connectivity index (χ2n) is 5.01. The standard InChI is InChI=1S/C16H14O4/c17-12-8-15(20-13-4-2-1-3-11(12)13)10-5-6-14-16(7-10)19-9-18-14/h1-7,12,15,17H,8-9H2/t12-,15-/m0/s1.